The normalized spacial score (nSPS) is 12.0. The first-order chi connectivity index (χ1) is 11.8. The maximum Gasteiger partial charge on any atom is 0.229 e. The number of nitrogens with zero attached hydrogens (tertiary/aromatic N) is 3. The van der Waals surface area contributed by atoms with E-state index in [0.29, 0.717) is 5.95 Å². The zero-order valence-electron chi connectivity index (χ0n) is 13.3. The Morgan fingerprint density at radius 2 is 1.83 bits per heavy atom. The van der Waals surface area contributed by atoms with E-state index >= 15 is 0 Å². The highest BCUT2D eigenvalue weighted by Crippen LogP contribution is 2.29. The summed E-state index contributed by atoms with van der Waals surface area (Å²) in [5.41, 5.74) is 5.19. The summed E-state index contributed by atoms with van der Waals surface area (Å²) in [5, 5.41) is 6.58. The second-order valence-electron chi connectivity index (χ2n) is 5.70. The van der Waals surface area contributed by atoms with Crippen LogP contribution < -0.4 is 10.6 Å². The quantitative estimate of drug-likeness (QED) is 0.742. The molecule has 0 saturated carbocycles. The molecule has 0 radical (unpaired) electrons. The highest BCUT2D eigenvalue weighted by molar-refractivity contribution is 5.78. The molecule has 118 valence electrons. The number of para-hydroxylation sites is 1. The number of rotatable bonds is 4. The van der Waals surface area contributed by atoms with Gasteiger partial charge in [-0.25, -0.2) is 4.98 Å². The maximum atomic E-state index is 4.58. The summed E-state index contributed by atoms with van der Waals surface area (Å²) in [6, 6.07) is 16.1. The van der Waals surface area contributed by atoms with Crippen molar-refractivity contribution in [3.8, 4) is 0 Å². The van der Waals surface area contributed by atoms with Gasteiger partial charge in [-0.15, -0.1) is 0 Å². The van der Waals surface area contributed by atoms with E-state index in [1.807, 2.05) is 55.7 Å². The smallest absolute Gasteiger partial charge is 0.229 e. The van der Waals surface area contributed by atoms with Crippen molar-refractivity contribution >= 4 is 35.0 Å². The lowest BCUT2D eigenvalue weighted by Gasteiger charge is -2.11. The van der Waals surface area contributed by atoms with E-state index in [-0.39, 0.29) is 0 Å². The van der Waals surface area contributed by atoms with Crippen LogP contribution in [0.1, 0.15) is 11.1 Å². The number of fused-ring (bicyclic) bond motifs is 1. The fraction of sp³-hybridized carbons (Fsp3) is 0.105. The second-order valence-corrected chi connectivity index (χ2v) is 5.70. The standard InChI is InChI=1S/C19H17N5/c1-13-12-21-19(23-15-5-3-2-4-6-15)24-18(13)22-16-8-7-14-9-10-20-17(14)11-16/h2-8,10-12H,9H2,1H3,(H2,21,22,23,24). The highest BCUT2D eigenvalue weighted by atomic mass is 15.1. The van der Waals surface area contributed by atoms with Gasteiger partial charge in [-0.05, 0) is 36.8 Å². The molecule has 0 bridgehead atoms. The van der Waals surface area contributed by atoms with Crippen LogP contribution in [-0.2, 0) is 6.42 Å². The molecule has 0 fully saturated rings. The number of nitrogens with one attached hydrogen (secondary N) is 2. The second kappa shape index (κ2) is 6.12. The van der Waals surface area contributed by atoms with Gasteiger partial charge in [0.15, 0.2) is 0 Å². The van der Waals surface area contributed by atoms with Gasteiger partial charge >= 0.3 is 0 Å². The molecule has 1 aliphatic rings. The zero-order valence-corrected chi connectivity index (χ0v) is 13.3. The first-order valence-corrected chi connectivity index (χ1v) is 7.86. The van der Waals surface area contributed by atoms with E-state index in [2.05, 4.69) is 37.7 Å². The van der Waals surface area contributed by atoms with Crippen molar-refractivity contribution in [2.24, 2.45) is 4.99 Å². The van der Waals surface area contributed by atoms with Crippen LogP contribution in [0.15, 0.2) is 59.7 Å². The minimum atomic E-state index is 0.563. The molecule has 0 unspecified atom stereocenters. The van der Waals surface area contributed by atoms with Crippen LogP contribution >= 0.6 is 0 Å². The summed E-state index contributed by atoms with van der Waals surface area (Å²) in [7, 11) is 0. The first-order valence-electron chi connectivity index (χ1n) is 7.86. The Morgan fingerprint density at radius 1 is 0.958 bits per heavy atom. The van der Waals surface area contributed by atoms with Crippen molar-refractivity contribution < 1.29 is 0 Å². The molecule has 0 atom stereocenters. The van der Waals surface area contributed by atoms with Crippen LogP contribution in [0.4, 0.5) is 28.8 Å². The Labute approximate surface area is 140 Å². The van der Waals surface area contributed by atoms with E-state index in [0.717, 1.165) is 34.9 Å². The Hall–Kier alpha value is -3.21. The molecule has 5 nitrogen and oxygen atoms in total. The molecule has 0 amide bonds. The Morgan fingerprint density at radius 3 is 2.71 bits per heavy atom. The van der Waals surface area contributed by atoms with Gasteiger partial charge in [0.05, 0.1) is 5.69 Å². The molecule has 2 N–H and O–H groups in total. The number of aromatic nitrogens is 2. The SMILES string of the molecule is Cc1cnc(Nc2ccccc2)nc1Nc1ccc2c(c1)N=CC2. The summed E-state index contributed by atoms with van der Waals surface area (Å²) >= 11 is 0. The van der Waals surface area contributed by atoms with Crippen molar-refractivity contribution in [2.45, 2.75) is 13.3 Å². The Kier molecular flexibility index (Phi) is 3.67. The van der Waals surface area contributed by atoms with Gasteiger partial charge in [-0.3, -0.25) is 4.99 Å². The van der Waals surface area contributed by atoms with Crippen molar-refractivity contribution in [3.05, 3.63) is 65.9 Å². The van der Waals surface area contributed by atoms with Crippen LogP contribution in [0.5, 0.6) is 0 Å². The van der Waals surface area contributed by atoms with Crippen LogP contribution in [0.2, 0.25) is 0 Å². The monoisotopic (exact) mass is 315 g/mol. The molecule has 5 heteroatoms. The highest BCUT2D eigenvalue weighted by Gasteiger charge is 2.09. The third-order valence-electron chi connectivity index (χ3n) is 3.89. The van der Waals surface area contributed by atoms with Crippen molar-refractivity contribution in [1.29, 1.82) is 0 Å². The van der Waals surface area contributed by atoms with E-state index in [4.69, 9.17) is 0 Å². The number of hydrogen-bond acceptors (Lipinski definition) is 5. The van der Waals surface area contributed by atoms with Gasteiger partial charge in [-0.1, -0.05) is 24.3 Å². The molecule has 4 rings (SSSR count). The third kappa shape index (κ3) is 2.96. The topological polar surface area (TPSA) is 62.2 Å². The first kappa shape index (κ1) is 14.4. The van der Waals surface area contributed by atoms with E-state index in [1.165, 1.54) is 5.56 Å². The molecule has 0 saturated heterocycles. The predicted molar refractivity (Wildman–Crippen MR) is 98.1 cm³/mol. The van der Waals surface area contributed by atoms with E-state index in [1.54, 1.807) is 0 Å². The molecule has 2 heterocycles. The maximum absolute atomic E-state index is 4.58. The van der Waals surface area contributed by atoms with E-state index < -0.39 is 0 Å². The Bertz CT molecular complexity index is 903. The average Bonchev–Trinajstić information content (AvgIpc) is 3.06. The van der Waals surface area contributed by atoms with Gasteiger partial charge in [0.25, 0.3) is 0 Å². The number of anilines is 4. The fourth-order valence-electron chi connectivity index (χ4n) is 2.59. The summed E-state index contributed by atoms with van der Waals surface area (Å²) in [6.45, 7) is 1.99. The number of aryl methyl sites for hydroxylation is 1. The lowest BCUT2D eigenvalue weighted by molar-refractivity contribution is 1.13. The summed E-state index contributed by atoms with van der Waals surface area (Å²) in [6.07, 6.45) is 4.66. The molecule has 1 aromatic heterocycles. The summed E-state index contributed by atoms with van der Waals surface area (Å²) in [4.78, 5) is 13.3. The van der Waals surface area contributed by atoms with Gasteiger partial charge in [0.1, 0.15) is 5.82 Å². The molecule has 24 heavy (non-hydrogen) atoms. The fourth-order valence-corrected chi connectivity index (χ4v) is 2.59. The van der Waals surface area contributed by atoms with Gasteiger partial charge in [-0.2, -0.15) is 4.98 Å². The van der Waals surface area contributed by atoms with Crippen LogP contribution in [0.25, 0.3) is 0 Å². The minimum absolute atomic E-state index is 0.563. The van der Waals surface area contributed by atoms with Crippen LogP contribution in [0.3, 0.4) is 0 Å². The number of aliphatic imine (C=N–C) groups is 1. The molecule has 3 aromatic rings. The zero-order chi connectivity index (χ0) is 16.4. The molecule has 0 spiro atoms. The number of hydrogen-bond donors (Lipinski definition) is 2. The lowest BCUT2D eigenvalue weighted by Crippen LogP contribution is -2.02. The number of benzene rings is 2. The molecular weight excluding hydrogens is 298 g/mol. The van der Waals surface area contributed by atoms with Crippen LogP contribution in [-0.4, -0.2) is 16.2 Å². The molecular formula is C19H17N5. The Balaban J connectivity index is 1.58. The van der Waals surface area contributed by atoms with Crippen LogP contribution in [0, 0.1) is 6.92 Å². The predicted octanol–water partition coefficient (Wildman–Crippen LogP) is 4.53. The largest absolute Gasteiger partial charge is 0.340 e. The molecule has 1 aliphatic heterocycles. The van der Waals surface area contributed by atoms with Gasteiger partial charge < -0.3 is 10.6 Å². The minimum Gasteiger partial charge on any atom is -0.340 e. The van der Waals surface area contributed by atoms with Gasteiger partial charge in [0.2, 0.25) is 5.95 Å². The summed E-state index contributed by atoms with van der Waals surface area (Å²) < 4.78 is 0. The summed E-state index contributed by atoms with van der Waals surface area (Å²) in [5.74, 6) is 1.35. The van der Waals surface area contributed by atoms with Crippen molar-refractivity contribution in [1.82, 2.24) is 9.97 Å². The lowest BCUT2D eigenvalue weighted by atomic mass is 10.1. The van der Waals surface area contributed by atoms with E-state index in [9.17, 15) is 0 Å². The van der Waals surface area contributed by atoms with Crippen molar-refractivity contribution in [3.63, 3.8) is 0 Å². The molecule has 2 aromatic carbocycles. The van der Waals surface area contributed by atoms with Gasteiger partial charge in [0, 0.05) is 35.8 Å². The third-order valence-corrected chi connectivity index (χ3v) is 3.89. The average molecular weight is 315 g/mol. The van der Waals surface area contributed by atoms with Crippen molar-refractivity contribution in [2.75, 3.05) is 10.6 Å². The molecule has 0 aliphatic carbocycles.